The first kappa shape index (κ1) is 21.9. The van der Waals surface area contributed by atoms with Crippen molar-refractivity contribution in [3.05, 3.63) is 52.8 Å². The number of carbonyl (C=O) groups excluding carboxylic acids is 1. The van der Waals surface area contributed by atoms with Crippen molar-refractivity contribution in [3.63, 3.8) is 0 Å². The molecule has 8 nitrogen and oxygen atoms in total. The summed E-state index contributed by atoms with van der Waals surface area (Å²) in [6, 6.07) is 6.06. The molecule has 0 radical (unpaired) electrons. The second-order valence-electron chi connectivity index (χ2n) is 6.86. The standard InChI is InChI=1S/C20H21F3N6O2/c1-10-5-6-14(31-4)17(19(24)30)18(10)26-13-8-15(25-9-12(13)20(21,22)23)27-16-7-11(2)28-29(16)3/h5-9H,1-4H3,(H2,24,30)(H2,25,26,27). The van der Waals surface area contributed by atoms with Gasteiger partial charge in [-0.15, -0.1) is 0 Å². The second kappa shape index (κ2) is 8.17. The van der Waals surface area contributed by atoms with Crippen molar-refractivity contribution in [3.8, 4) is 5.75 Å². The first-order chi connectivity index (χ1) is 14.5. The number of hydrogen-bond donors (Lipinski definition) is 3. The van der Waals surface area contributed by atoms with E-state index in [2.05, 4.69) is 20.7 Å². The van der Waals surface area contributed by atoms with Crippen LogP contribution in [0.5, 0.6) is 5.75 Å². The molecule has 0 aliphatic rings. The summed E-state index contributed by atoms with van der Waals surface area (Å²) >= 11 is 0. The molecule has 1 amide bonds. The number of ether oxygens (including phenoxy) is 1. The first-order valence-electron chi connectivity index (χ1n) is 9.10. The van der Waals surface area contributed by atoms with Crippen LogP contribution in [0.25, 0.3) is 0 Å². The number of halogens is 3. The molecule has 3 rings (SSSR count). The Morgan fingerprint density at radius 1 is 1.19 bits per heavy atom. The minimum absolute atomic E-state index is 0.0517. The van der Waals surface area contributed by atoms with Gasteiger partial charge >= 0.3 is 6.18 Å². The number of nitrogens with one attached hydrogen (secondary N) is 2. The summed E-state index contributed by atoms with van der Waals surface area (Å²) in [6.07, 6.45) is -3.97. The highest BCUT2D eigenvalue weighted by Crippen LogP contribution is 2.39. The zero-order chi connectivity index (χ0) is 22.9. The Balaban J connectivity index is 2.11. The van der Waals surface area contributed by atoms with Crippen LogP contribution < -0.4 is 21.1 Å². The van der Waals surface area contributed by atoms with Gasteiger partial charge in [0.05, 0.1) is 29.7 Å². The van der Waals surface area contributed by atoms with Gasteiger partial charge < -0.3 is 21.1 Å². The van der Waals surface area contributed by atoms with Crippen molar-refractivity contribution < 1.29 is 22.7 Å². The molecule has 0 aliphatic heterocycles. The maximum Gasteiger partial charge on any atom is 0.419 e. The van der Waals surface area contributed by atoms with Gasteiger partial charge in [0.15, 0.2) is 0 Å². The van der Waals surface area contributed by atoms with E-state index in [0.29, 0.717) is 17.6 Å². The number of aromatic nitrogens is 3. The van der Waals surface area contributed by atoms with Crippen LogP contribution in [0.15, 0.2) is 30.5 Å². The van der Waals surface area contributed by atoms with E-state index in [9.17, 15) is 18.0 Å². The molecule has 0 atom stereocenters. The largest absolute Gasteiger partial charge is 0.496 e. The molecule has 164 valence electrons. The van der Waals surface area contributed by atoms with Crippen molar-refractivity contribution in [2.45, 2.75) is 20.0 Å². The lowest BCUT2D eigenvalue weighted by atomic mass is 10.0. The highest BCUT2D eigenvalue weighted by molar-refractivity contribution is 6.03. The SMILES string of the molecule is COc1ccc(C)c(Nc2cc(Nc3cc(C)nn3C)ncc2C(F)(F)F)c1C(N)=O. The van der Waals surface area contributed by atoms with Gasteiger partial charge in [-0.3, -0.25) is 9.48 Å². The Labute approximate surface area is 176 Å². The van der Waals surface area contributed by atoms with Gasteiger partial charge in [0.25, 0.3) is 5.91 Å². The number of aryl methyl sites for hydroxylation is 3. The molecule has 0 aliphatic carbocycles. The van der Waals surface area contributed by atoms with Crippen LogP contribution >= 0.6 is 0 Å². The second-order valence-corrected chi connectivity index (χ2v) is 6.86. The molecule has 0 saturated heterocycles. The molecule has 1 aromatic carbocycles. The Morgan fingerprint density at radius 2 is 1.90 bits per heavy atom. The third kappa shape index (κ3) is 4.55. The molecular weight excluding hydrogens is 413 g/mol. The lowest BCUT2D eigenvalue weighted by Crippen LogP contribution is -2.17. The van der Waals surface area contributed by atoms with Crippen LogP contribution in [0.3, 0.4) is 0 Å². The molecular formula is C20H21F3N6O2. The molecule has 0 fully saturated rings. The number of amides is 1. The number of nitrogens with two attached hydrogens (primary N) is 1. The van der Waals surface area contributed by atoms with Gasteiger partial charge in [-0.2, -0.15) is 18.3 Å². The predicted octanol–water partition coefficient (Wildman–Crippen LogP) is 4.05. The number of pyridine rings is 1. The van der Waals surface area contributed by atoms with Gasteiger partial charge in [-0.05, 0) is 25.5 Å². The molecule has 0 bridgehead atoms. The van der Waals surface area contributed by atoms with E-state index in [0.717, 1.165) is 5.69 Å². The number of nitrogens with zero attached hydrogens (tertiary/aromatic N) is 3. The molecule has 4 N–H and O–H groups in total. The van der Waals surface area contributed by atoms with E-state index in [-0.39, 0.29) is 28.5 Å². The van der Waals surface area contributed by atoms with Gasteiger partial charge in [0.2, 0.25) is 0 Å². The summed E-state index contributed by atoms with van der Waals surface area (Å²) in [5.41, 5.74) is 5.47. The highest BCUT2D eigenvalue weighted by Gasteiger charge is 2.35. The van der Waals surface area contributed by atoms with Gasteiger partial charge in [0, 0.05) is 25.4 Å². The van der Waals surface area contributed by atoms with Crippen molar-refractivity contribution in [2.75, 3.05) is 17.7 Å². The third-order valence-electron chi connectivity index (χ3n) is 4.57. The smallest absolute Gasteiger partial charge is 0.419 e. The number of rotatable bonds is 6. The Hall–Kier alpha value is -3.76. The average molecular weight is 434 g/mol. The quantitative estimate of drug-likeness (QED) is 0.541. The molecule has 0 unspecified atom stereocenters. The van der Waals surface area contributed by atoms with E-state index >= 15 is 0 Å². The third-order valence-corrected chi connectivity index (χ3v) is 4.57. The lowest BCUT2D eigenvalue weighted by Gasteiger charge is -2.20. The molecule has 3 aromatic rings. The van der Waals surface area contributed by atoms with Crippen LogP contribution in [0.2, 0.25) is 0 Å². The number of hydrogen-bond acceptors (Lipinski definition) is 6. The molecule has 31 heavy (non-hydrogen) atoms. The first-order valence-corrected chi connectivity index (χ1v) is 9.10. The van der Waals surface area contributed by atoms with Gasteiger partial charge in [-0.1, -0.05) is 6.07 Å². The summed E-state index contributed by atoms with van der Waals surface area (Å²) in [5.74, 6) is 0.00654. The maximum absolute atomic E-state index is 13.7. The van der Waals surface area contributed by atoms with Gasteiger partial charge in [0.1, 0.15) is 22.9 Å². The predicted molar refractivity (Wildman–Crippen MR) is 110 cm³/mol. The normalized spacial score (nSPS) is 11.3. The van der Waals surface area contributed by atoms with Crippen molar-refractivity contribution in [1.29, 1.82) is 0 Å². The fourth-order valence-corrected chi connectivity index (χ4v) is 3.11. The van der Waals surface area contributed by atoms with Crippen LogP contribution in [0.4, 0.5) is 36.2 Å². The summed E-state index contributed by atoms with van der Waals surface area (Å²) < 4.78 is 47.7. The minimum Gasteiger partial charge on any atom is -0.496 e. The number of methoxy groups -OCH3 is 1. The average Bonchev–Trinajstić information content (AvgIpc) is 2.99. The van der Waals surface area contributed by atoms with Crippen LogP contribution in [-0.2, 0) is 13.2 Å². The van der Waals surface area contributed by atoms with E-state index in [4.69, 9.17) is 10.5 Å². The minimum atomic E-state index is -4.68. The summed E-state index contributed by atoms with van der Waals surface area (Å²) in [7, 11) is 3.03. The summed E-state index contributed by atoms with van der Waals surface area (Å²) in [4.78, 5) is 15.9. The fraction of sp³-hybridized carbons (Fsp3) is 0.250. The molecule has 2 aromatic heterocycles. The Morgan fingerprint density at radius 3 is 2.45 bits per heavy atom. The van der Waals surface area contributed by atoms with Crippen LogP contribution in [0, 0.1) is 13.8 Å². The van der Waals surface area contributed by atoms with E-state index < -0.39 is 17.6 Å². The highest BCUT2D eigenvalue weighted by atomic mass is 19.4. The maximum atomic E-state index is 13.7. The van der Waals surface area contributed by atoms with Crippen LogP contribution in [0.1, 0.15) is 27.2 Å². The Kier molecular flexibility index (Phi) is 5.78. The lowest BCUT2D eigenvalue weighted by molar-refractivity contribution is -0.137. The van der Waals surface area contributed by atoms with Gasteiger partial charge in [-0.25, -0.2) is 4.98 Å². The summed E-state index contributed by atoms with van der Waals surface area (Å²) in [6.45, 7) is 3.43. The number of benzene rings is 1. The van der Waals surface area contributed by atoms with E-state index in [1.54, 1.807) is 37.7 Å². The zero-order valence-electron chi connectivity index (χ0n) is 17.3. The number of carbonyl (C=O) groups is 1. The summed E-state index contributed by atoms with van der Waals surface area (Å²) in [5, 5.41) is 9.83. The fourth-order valence-electron chi connectivity index (χ4n) is 3.11. The van der Waals surface area contributed by atoms with E-state index in [1.165, 1.54) is 19.2 Å². The zero-order valence-corrected chi connectivity index (χ0v) is 17.3. The monoisotopic (exact) mass is 434 g/mol. The van der Waals surface area contributed by atoms with E-state index in [1.807, 2.05) is 0 Å². The van der Waals surface area contributed by atoms with Crippen molar-refractivity contribution in [2.24, 2.45) is 12.8 Å². The molecule has 2 heterocycles. The van der Waals surface area contributed by atoms with Crippen molar-refractivity contribution in [1.82, 2.24) is 14.8 Å². The van der Waals surface area contributed by atoms with Crippen molar-refractivity contribution >= 4 is 28.9 Å². The molecule has 0 saturated carbocycles. The topological polar surface area (TPSA) is 107 Å². The number of anilines is 4. The molecule has 11 heteroatoms. The molecule has 0 spiro atoms. The number of alkyl halides is 3. The Bertz CT molecular complexity index is 1140. The van der Waals surface area contributed by atoms with Crippen LogP contribution in [-0.4, -0.2) is 27.8 Å². The number of primary amides is 1.